The van der Waals surface area contributed by atoms with E-state index < -0.39 is 18.7 Å². The summed E-state index contributed by atoms with van der Waals surface area (Å²) in [7, 11) is 1.64. The van der Waals surface area contributed by atoms with Gasteiger partial charge in [-0.05, 0) is 49.6 Å². The number of hydrogen-bond donors (Lipinski definition) is 1. The summed E-state index contributed by atoms with van der Waals surface area (Å²) in [5.41, 5.74) is 4.02. The zero-order valence-corrected chi connectivity index (χ0v) is 19.1. The number of methoxy groups -OCH3 is 1. The molecule has 6 nitrogen and oxygen atoms in total. The van der Waals surface area contributed by atoms with Crippen LogP contribution in [0.15, 0.2) is 35.9 Å². The van der Waals surface area contributed by atoms with Crippen molar-refractivity contribution in [2.45, 2.75) is 46.1 Å². The molecule has 0 aliphatic rings. The topological polar surface area (TPSA) is 76.3 Å². The Hall–Kier alpha value is -3.09. The largest absolute Gasteiger partial charge is 0.411 e. The van der Waals surface area contributed by atoms with E-state index in [1.807, 2.05) is 32.9 Å². The molecule has 0 spiro atoms. The number of alkyl halides is 3. The van der Waals surface area contributed by atoms with Gasteiger partial charge in [-0.25, -0.2) is 0 Å². The van der Waals surface area contributed by atoms with Crippen LogP contribution in [-0.2, 0) is 27.4 Å². The first-order valence-electron chi connectivity index (χ1n) is 10.4. The molecule has 33 heavy (non-hydrogen) atoms. The first-order chi connectivity index (χ1) is 15.6. The molecule has 1 atom stereocenters. The summed E-state index contributed by atoms with van der Waals surface area (Å²) in [6.45, 7) is 5.17. The van der Waals surface area contributed by atoms with Crippen LogP contribution in [0.4, 0.5) is 13.2 Å². The molecule has 0 radical (unpaired) electrons. The molecule has 0 fully saturated rings. The quantitative estimate of drug-likeness (QED) is 0.412. The molecule has 0 bridgehead atoms. The molecular formula is C24H28F3N3O3. The van der Waals surface area contributed by atoms with E-state index in [0.717, 1.165) is 22.5 Å². The van der Waals surface area contributed by atoms with Crippen LogP contribution in [0.25, 0.3) is 6.08 Å². The Morgan fingerprint density at radius 2 is 1.88 bits per heavy atom. The minimum Gasteiger partial charge on any atom is -0.383 e. The van der Waals surface area contributed by atoms with E-state index in [-0.39, 0.29) is 24.8 Å². The zero-order valence-electron chi connectivity index (χ0n) is 19.1. The predicted molar refractivity (Wildman–Crippen MR) is 118 cm³/mol. The Morgan fingerprint density at radius 3 is 2.45 bits per heavy atom. The molecule has 1 aromatic carbocycles. The molecule has 0 aliphatic carbocycles. The van der Waals surface area contributed by atoms with Gasteiger partial charge in [0, 0.05) is 25.0 Å². The summed E-state index contributed by atoms with van der Waals surface area (Å²) in [5.74, 6) is -0.509. The van der Waals surface area contributed by atoms with Crippen molar-refractivity contribution in [3.8, 4) is 6.07 Å². The Kier molecular flexibility index (Phi) is 9.26. The number of hydrogen-bond acceptors (Lipinski definition) is 4. The number of nitrogens with one attached hydrogen (secondary N) is 1. The van der Waals surface area contributed by atoms with Crippen molar-refractivity contribution in [2.75, 3.05) is 20.3 Å². The van der Waals surface area contributed by atoms with Crippen molar-refractivity contribution in [1.29, 1.82) is 5.26 Å². The van der Waals surface area contributed by atoms with Crippen LogP contribution in [-0.4, -0.2) is 37.0 Å². The van der Waals surface area contributed by atoms with Crippen molar-refractivity contribution < 1.29 is 27.4 Å². The van der Waals surface area contributed by atoms with Crippen LogP contribution in [0.3, 0.4) is 0 Å². The monoisotopic (exact) mass is 463 g/mol. The van der Waals surface area contributed by atoms with Crippen molar-refractivity contribution >= 4 is 12.0 Å². The molecule has 1 N–H and O–H groups in total. The lowest BCUT2D eigenvalue weighted by Gasteiger charge is -2.17. The number of aromatic nitrogens is 1. The highest BCUT2D eigenvalue weighted by atomic mass is 19.4. The highest BCUT2D eigenvalue weighted by Gasteiger charge is 2.27. The number of benzene rings is 1. The maximum atomic E-state index is 12.5. The standard InChI is InChI=1S/C24H28F3N3O3/c1-16-9-21(18(3)30(16)17(2)13-32-4)10-22(11-28)23(31)29-12-19-5-7-20(8-6-19)14-33-15-24(25,26)27/h5-10,17H,12-15H2,1-4H3,(H,29,31)/b22-10-. The number of carbonyl (C=O) groups is 1. The lowest BCUT2D eigenvalue weighted by atomic mass is 10.1. The van der Waals surface area contributed by atoms with Gasteiger partial charge < -0.3 is 19.4 Å². The third-order valence-corrected chi connectivity index (χ3v) is 5.05. The summed E-state index contributed by atoms with van der Waals surface area (Å²) < 4.78 is 48.4. The normalized spacial score (nSPS) is 13.0. The second-order valence-electron chi connectivity index (χ2n) is 7.78. The third-order valence-electron chi connectivity index (χ3n) is 5.05. The average molecular weight is 464 g/mol. The molecule has 9 heteroatoms. The minimum absolute atomic E-state index is 0.0215. The Morgan fingerprint density at radius 1 is 1.24 bits per heavy atom. The minimum atomic E-state index is -4.36. The maximum Gasteiger partial charge on any atom is 0.411 e. The van der Waals surface area contributed by atoms with Gasteiger partial charge in [0.15, 0.2) is 0 Å². The lowest BCUT2D eigenvalue weighted by molar-refractivity contribution is -0.176. The SMILES string of the molecule is COCC(C)n1c(C)cc(/C=C(/C#N)C(=O)NCc2ccc(COCC(F)(F)F)cc2)c1C. The van der Waals surface area contributed by atoms with Crippen LogP contribution in [0.2, 0.25) is 0 Å². The van der Waals surface area contributed by atoms with E-state index in [4.69, 9.17) is 4.74 Å². The molecule has 1 amide bonds. The number of aryl methyl sites for hydroxylation is 1. The van der Waals surface area contributed by atoms with Gasteiger partial charge in [0.25, 0.3) is 5.91 Å². The second kappa shape index (κ2) is 11.7. The number of amides is 1. The van der Waals surface area contributed by atoms with Crippen LogP contribution >= 0.6 is 0 Å². The maximum absolute atomic E-state index is 12.5. The number of halogens is 3. The van der Waals surface area contributed by atoms with Crippen LogP contribution in [0, 0.1) is 25.2 Å². The molecule has 0 aliphatic heterocycles. The molecule has 2 aromatic rings. The fraction of sp³-hybridized carbons (Fsp3) is 0.417. The molecule has 1 unspecified atom stereocenters. The van der Waals surface area contributed by atoms with E-state index in [2.05, 4.69) is 14.6 Å². The van der Waals surface area contributed by atoms with Crippen LogP contribution < -0.4 is 5.32 Å². The number of nitrogens with zero attached hydrogens (tertiary/aromatic N) is 2. The molecule has 1 aromatic heterocycles. The number of carbonyl (C=O) groups excluding carboxylic acids is 1. The van der Waals surface area contributed by atoms with E-state index in [9.17, 15) is 23.2 Å². The van der Waals surface area contributed by atoms with Crippen molar-refractivity contribution in [2.24, 2.45) is 0 Å². The molecule has 0 saturated heterocycles. The van der Waals surface area contributed by atoms with Gasteiger partial charge >= 0.3 is 6.18 Å². The van der Waals surface area contributed by atoms with Crippen LogP contribution in [0.5, 0.6) is 0 Å². The number of ether oxygens (including phenoxy) is 2. The van der Waals surface area contributed by atoms with E-state index in [1.54, 1.807) is 37.5 Å². The number of rotatable bonds is 10. The van der Waals surface area contributed by atoms with Gasteiger partial charge in [-0.15, -0.1) is 0 Å². The van der Waals surface area contributed by atoms with Crippen molar-refractivity contribution in [3.63, 3.8) is 0 Å². The van der Waals surface area contributed by atoms with Crippen molar-refractivity contribution in [1.82, 2.24) is 9.88 Å². The Labute approximate surface area is 191 Å². The molecule has 2 rings (SSSR count). The van der Waals surface area contributed by atoms with Crippen LogP contribution in [0.1, 0.15) is 41.0 Å². The summed E-state index contributed by atoms with van der Waals surface area (Å²) in [6.07, 6.45) is -2.80. The van der Waals surface area contributed by atoms with Gasteiger partial charge in [0.05, 0.1) is 19.3 Å². The van der Waals surface area contributed by atoms with Gasteiger partial charge in [0.2, 0.25) is 0 Å². The Bertz CT molecular complexity index is 1020. The smallest absolute Gasteiger partial charge is 0.383 e. The molecule has 0 saturated carbocycles. The zero-order chi connectivity index (χ0) is 24.6. The summed E-state index contributed by atoms with van der Waals surface area (Å²) in [4.78, 5) is 12.5. The highest BCUT2D eigenvalue weighted by Crippen LogP contribution is 2.23. The highest BCUT2D eigenvalue weighted by molar-refractivity contribution is 6.01. The van der Waals surface area contributed by atoms with Gasteiger partial charge in [-0.2, -0.15) is 18.4 Å². The first-order valence-corrected chi connectivity index (χ1v) is 10.4. The fourth-order valence-electron chi connectivity index (χ4n) is 3.56. The van der Waals surface area contributed by atoms with Gasteiger partial charge in [-0.1, -0.05) is 24.3 Å². The third kappa shape index (κ3) is 7.77. The Balaban J connectivity index is 2.01. The van der Waals surface area contributed by atoms with Gasteiger partial charge in [0.1, 0.15) is 18.2 Å². The van der Waals surface area contributed by atoms with E-state index in [0.29, 0.717) is 12.2 Å². The summed E-state index contributed by atoms with van der Waals surface area (Å²) >= 11 is 0. The lowest BCUT2D eigenvalue weighted by Crippen LogP contribution is -2.24. The average Bonchev–Trinajstić information content (AvgIpc) is 3.03. The van der Waals surface area contributed by atoms with Gasteiger partial charge in [-0.3, -0.25) is 4.79 Å². The van der Waals surface area contributed by atoms with E-state index >= 15 is 0 Å². The fourth-order valence-corrected chi connectivity index (χ4v) is 3.56. The summed E-state index contributed by atoms with van der Waals surface area (Å²) in [6, 6.07) is 10.6. The molecule has 1 heterocycles. The second-order valence-corrected chi connectivity index (χ2v) is 7.78. The predicted octanol–water partition coefficient (Wildman–Crippen LogP) is 4.61. The summed E-state index contributed by atoms with van der Waals surface area (Å²) in [5, 5.41) is 12.2. The molecule has 178 valence electrons. The first kappa shape index (κ1) is 26.2. The van der Waals surface area contributed by atoms with Crippen molar-refractivity contribution in [3.05, 3.63) is 64.0 Å². The van der Waals surface area contributed by atoms with E-state index in [1.165, 1.54) is 0 Å². The molecular weight excluding hydrogens is 435 g/mol. The number of nitriles is 1.